The molecule has 118 valence electrons. The van der Waals surface area contributed by atoms with E-state index in [1.54, 1.807) is 19.2 Å². The van der Waals surface area contributed by atoms with Gasteiger partial charge in [-0.3, -0.25) is 0 Å². The molecule has 0 bridgehead atoms. The van der Waals surface area contributed by atoms with Crippen molar-refractivity contribution in [2.75, 3.05) is 13.7 Å². The SMILES string of the molecule is COc1ccc(C(C)(C)COCc2ccc(F)c(Br)c2)cc1. The van der Waals surface area contributed by atoms with Crippen LogP contribution in [0.5, 0.6) is 5.75 Å². The van der Waals surface area contributed by atoms with E-state index in [2.05, 4.69) is 41.9 Å². The lowest BCUT2D eigenvalue weighted by Gasteiger charge is -2.25. The number of hydrogen-bond acceptors (Lipinski definition) is 2. The minimum Gasteiger partial charge on any atom is -0.497 e. The molecular weight excluding hydrogens is 347 g/mol. The third-order valence-corrected chi connectivity index (χ3v) is 4.19. The third kappa shape index (κ3) is 4.31. The van der Waals surface area contributed by atoms with E-state index < -0.39 is 0 Å². The fraction of sp³-hybridized carbons (Fsp3) is 0.333. The standard InChI is InChI=1S/C18H20BrFO2/c1-18(2,14-5-7-15(21-3)8-6-14)12-22-11-13-4-9-17(20)16(19)10-13/h4-10H,11-12H2,1-3H3. The van der Waals surface area contributed by atoms with Gasteiger partial charge >= 0.3 is 0 Å². The van der Waals surface area contributed by atoms with Crippen LogP contribution < -0.4 is 4.74 Å². The van der Waals surface area contributed by atoms with Crippen LogP contribution in [-0.2, 0) is 16.8 Å². The molecule has 0 spiro atoms. The zero-order valence-electron chi connectivity index (χ0n) is 13.0. The lowest BCUT2D eigenvalue weighted by molar-refractivity contribution is 0.0824. The molecule has 0 aliphatic carbocycles. The Morgan fingerprint density at radius 2 is 1.77 bits per heavy atom. The molecule has 0 aliphatic rings. The van der Waals surface area contributed by atoms with Crippen molar-refractivity contribution in [2.45, 2.75) is 25.9 Å². The normalized spacial score (nSPS) is 11.5. The van der Waals surface area contributed by atoms with Gasteiger partial charge in [-0.15, -0.1) is 0 Å². The molecule has 0 saturated heterocycles. The molecule has 4 heteroatoms. The molecule has 2 aromatic rings. The molecule has 0 heterocycles. The molecule has 0 unspecified atom stereocenters. The first kappa shape index (κ1) is 17.0. The lowest BCUT2D eigenvalue weighted by Crippen LogP contribution is -2.24. The number of ether oxygens (including phenoxy) is 2. The Bertz CT molecular complexity index is 623. The van der Waals surface area contributed by atoms with Crippen molar-refractivity contribution in [2.24, 2.45) is 0 Å². The quantitative estimate of drug-likeness (QED) is 0.708. The van der Waals surface area contributed by atoms with Crippen molar-refractivity contribution < 1.29 is 13.9 Å². The molecule has 2 rings (SSSR count). The summed E-state index contributed by atoms with van der Waals surface area (Å²) in [7, 11) is 1.66. The lowest BCUT2D eigenvalue weighted by atomic mass is 9.85. The molecule has 0 atom stereocenters. The number of halogens is 2. The van der Waals surface area contributed by atoms with Crippen molar-refractivity contribution in [1.82, 2.24) is 0 Å². The molecule has 0 N–H and O–H groups in total. The van der Waals surface area contributed by atoms with Gasteiger partial charge in [0.25, 0.3) is 0 Å². The zero-order valence-corrected chi connectivity index (χ0v) is 14.6. The molecule has 0 aromatic heterocycles. The summed E-state index contributed by atoms with van der Waals surface area (Å²) in [6.45, 7) is 5.30. The summed E-state index contributed by atoms with van der Waals surface area (Å²) < 4.78 is 24.6. The van der Waals surface area contributed by atoms with Gasteiger partial charge in [-0.05, 0) is 51.3 Å². The second-order valence-corrected chi connectivity index (χ2v) is 6.71. The fourth-order valence-electron chi connectivity index (χ4n) is 2.18. The summed E-state index contributed by atoms with van der Waals surface area (Å²) in [5.41, 5.74) is 2.02. The number of methoxy groups -OCH3 is 1. The van der Waals surface area contributed by atoms with Crippen molar-refractivity contribution in [3.05, 3.63) is 63.9 Å². The predicted molar refractivity (Wildman–Crippen MR) is 89.8 cm³/mol. The summed E-state index contributed by atoms with van der Waals surface area (Å²) in [6.07, 6.45) is 0. The molecule has 0 radical (unpaired) electrons. The molecule has 22 heavy (non-hydrogen) atoms. The average molecular weight is 367 g/mol. The minimum atomic E-state index is -0.262. The van der Waals surface area contributed by atoms with E-state index in [9.17, 15) is 4.39 Å². The Morgan fingerprint density at radius 1 is 1.09 bits per heavy atom. The second-order valence-electron chi connectivity index (χ2n) is 5.85. The van der Waals surface area contributed by atoms with E-state index in [0.29, 0.717) is 17.7 Å². The number of benzene rings is 2. The highest BCUT2D eigenvalue weighted by atomic mass is 79.9. The smallest absolute Gasteiger partial charge is 0.137 e. The third-order valence-electron chi connectivity index (χ3n) is 3.59. The van der Waals surface area contributed by atoms with Gasteiger partial charge in [-0.25, -0.2) is 4.39 Å². The van der Waals surface area contributed by atoms with Gasteiger partial charge < -0.3 is 9.47 Å². The Hall–Kier alpha value is -1.39. The number of hydrogen-bond donors (Lipinski definition) is 0. The maximum absolute atomic E-state index is 13.2. The predicted octanol–water partition coefficient (Wildman–Crippen LogP) is 5.09. The average Bonchev–Trinajstić information content (AvgIpc) is 2.51. The molecule has 0 amide bonds. The summed E-state index contributed by atoms with van der Waals surface area (Å²) in [4.78, 5) is 0. The van der Waals surface area contributed by atoms with Crippen LogP contribution in [0.1, 0.15) is 25.0 Å². The first-order valence-electron chi connectivity index (χ1n) is 7.08. The molecule has 2 nitrogen and oxygen atoms in total. The summed E-state index contributed by atoms with van der Waals surface area (Å²) in [5, 5.41) is 0. The van der Waals surface area contributed by atoms with Crippen LogP contribution in [0.15, 0.2) is 46.9 Å². The fourth-order valence-corrected chi connectivity index (χ4v) is 2.61. The van der Waals surface area contributed by atoms with Crippen LogP contribution in [0.4, 0.5) is 4.39 Å². The molecular formula is C18H20BrFO2. The van der Waals surface area contributed by atoms with E-state index in [0.717, 1.165) is 11.3 Å². The van der Waals surface area contributed by atoms with Crippen LogP contribution in [-0.4, -0.2) is 13.7 Å². The topological polar surface area (TPSA) is 18.5 Å². The van der Waals surface area contributed by atoms with Crippen molar-refractivity contribution in [3.8, 4) is 5.75 Å². The molecule has 0 aliphatic heterocycles. The van der Waals surface area contributed by atoms with Gasteiger partial charge in [-0.2, -0.15) is 0 Å². The Morgan fingerprint density at radius 3 is 2.36 bits per heavy atom. The van der Waals surface area contributed by atoms with E-state index in [4.69, 9.17) is 9.47 Å². The van der Waals surface area contributed by atoms with E-state index in [1.165, 1.54) is 11.6 Å². The van der Waals surface area contributed by atoms with Crippen molar-refractivity contribution in [1.29, 1.82) is 0 Å². The minimum absolute atomic E-state index is 0.108. The van der Waals surface area contributed by atoms with Gasteiger partial charge in [-0.1, -0.05) is 32.0 Å². The summed E-state index contributed by atoms with van der Waals surface area (Å²) in [5.74, 6) is 0.582. The van der Waals surface area contributed by atoms with Gasteiger partial charge in [0.05, 0.1) is 24.8 Å². The van der Waals surface area contributed by atoms with E-state index >= 15 is 0 Å². The van der Waals surface area contributed by atoms with Crippen LogP contribution in [0, 0.1) is 5.82 Å². The van der Waals surface area contributed by atoms with Gasteiger partial charge in [0.2, 0.25) is 0 Å². The van der Waals surface area contributed by atoms with Gasteiger partial charge in [0.15, 0.2) is 0 Å². The van der Waals surface area contributed by atoms with Crippen LogP contribution >= 0.6 is 15.9 Å². The zero-order chi connectivity index (χ0) is 16.2. The molecule has 0 fully saturated rings. The van der Waals surface area contributed by atoms with Crippen LogP contribution in [0.3, 0.4) is 0 Å². The molecule has 0 saturated carbocycles. The molecule has 2 aromatic carbocycles. The Labute approximate surface area is 139 Å². The van der Waals surface area contributed by atoms with Crippen molar-refractivity contribution in [3.63, 3.8) is 0 Å². The highest BCUT2D eigenvalue weighted by Crippen LogP contribution is 2.26. The number of rotatable bonds is 6. The first-order chi connectivity index (χ1) is 10.4. The van der Waals surface area contributed by atoms with Crippen molar-refractivity contribution >= 4 is 15.9 Å². The Kier molecular flexibility index (Phi) is 5.59. The maximum atomic E-state index is 13.2. The van der Waals surface area contributed by atoms with Crippen LogP contribution in [0.25, 0.3) is 0 Å². The van der Waals surface area contributed by atoms with Crippen LogP contribution in [0.2, 0.25) is 0 Å². The maximum Gasteiger partial charge on any atom is 0.137 e. The first-order valence-corrected chi connectivity index (χ1v) is 7.88. The van der Waals surface area contributed by atoms with Gasteiger partial charge in [0, 0.05) is 5.41 Å². The van der Waals surface area contributed by atoms with Gasteiger partial charge in [0.1, 0.15) is 11.6 Å². The highest BCUT2D eigenvalue weighted by Gasteiger charge is 2.21. The monoisotopic (exact) mass is 366 g/mol. The largest absolute Gasteiger partial charge is 0.497 e. The van der Waals surface area contributed by atoms with E-state index in [-0.39, 0.29) is 11.2 Å². The summed E-state index contributed by atoms with van der Waals surface area (Å²) >= 11 is 3.19. The van der Waals surface area contributed by atoms with E-state index in [1.807, 2.05) is 12.1 Å². The summed E-state index contributed by atoms with van der Waals surface area (Å²) in [6, 6.07) is 12.9. The second kappa shape index (κ2) is 7.25. The Balaban J connectivity index is 1.95. The highest BCUT2D eigenvalue weighted by molar-refractivity contribution is 9.10.